The SMILES string of the molecule is Cc1ccccc1-c1nnc(SCC(=O)NCCc2ccc(Cl)cc2)o1. The largest absolute Gasteiger partial charge is 0.411 e. The van der Waals surface area contributed by atoms with Crippen molar-refractivity contribution in [1.82, 2.24) is 15.5 Å². The molecule has 3 aromatic rings. The number of halogens is 1. The Hall–Kier alpha value is -2.31. The molecule has 0 fully saturated rings. The van der Waals surface area contributed by atoms with Gasteiger partial charge >= 0.3 is 0 Å². The normalized spacial score (nSPS) is 10.7. The van der Waals surface area contributed by atoms with Gasteiger partial charge in [-0.1, -0.05) is 53.7 Å². The van der Waals surface area contributed by atoms with Crippen molar-refractivity contribution in [1.29, 1.82) is 0 Å². The minimum absolute atomic E-state index is 0.0698. The number of nitrogens with zero attached hydrogens (tertiary/aromatic N) is 2. The van der Waals surface area contributed by atoms with Gasteiger partial charge in [-0.15, -0.1) is 10.2 Å². The Morgan fingerprint density at radius 2 is 1.92 bits per heavy atom. The highest BCUT2D eigenvalue weighted by atomic mass is 35.5. The highest BCUT2D eigenvalue weighted by molar-refractivity contribution is 7.99. The average Bonchev–Trinajstić information content (AvgIpc) is 3.11. The number of rotatable bonds is 7. The Balaban J connectivity index is 1.45. The standard InChI is InChI=1S/C19H18ClN3O2S/c1-13-4-2-3-5-16(13)18-22-23-19(25-18)26-12-17(24)21-11-10-14-6-8-15(20)9-7-14/h2-9H,10-12H2,1H3,(H,21,24). The van der Waals surface area contributed by atoms with E-state index in [1.165, 1.54) is 11.8 Å². The zero-order valence-corrected chi connectivity index (χ0v) is 15.8. The first-order chi connectivity index (χ1) is 12.6. The number of carbonyl (C=O) groups is 1. The third kappa shape index (κ3) is 5.09. The lowest BCUT2D eigenvalue weighted by Crippen LogP contribution is -2.27. The Bertz CT molecular complexity index is 881. The van der Waals surface area contributed by atoms with Gasteiger partial charge in [0.2, 0.25) is 11.8 Å². The van der Waals surface area contributed by atoms with Crippen molar-refractivity contribution >= 4 is 29.3 Å². The van der Waals surface area contributed by atoms with Gasteiger partial charge in [-0.2, -0.15) is 0 Å². The van der Waals surface area contributed by atoms with Gasteiger partial charge in [-0.3, -0.25) is 4.79 Å². The average molecular weight is 388 g/mol. The lowest BCUT2D eigenvalue weighted by Gasteiger charge is -2.04. The van der Waals surface area contributed by atoms with E-state index < -0.39 is 0 Å². The number of thioether (sulfide) groups is 1. The second-order valence-corrected chi connectivity index (χ2v) is 7.07. The van der Waals surface area contributed by atoms with Crippen molar-refractivity contribution in [3.05, 3.63) is 64.7 Å². The predicted octanol–water partition coefficient (Wildman–Crippen LogP) is 4.15. The van der Waals surface area contributed by atoms with E-state index in [2.05, 4.69) is 15.5 Å². The molecule has 1 heterocycles. The third-order valence-electron chi connectivity index (χ3n) is 3.76. The molecule has 5 nitrogen and oxygen atoms in total. The molecule has 0 unspecified atom stereocenters. The quantitative estimate of drug-likeness (QED) is 0.617. The monoisotopic (exact) mass is 387 g/mol. The molecule has 0 saturated carbocycles. The summed E-state index contributed by atoms with van der Waals surface area (Å²) >= 11 is 7.08. The van der Waals surface area contributed by atoms with Crippen molar-refractivity contribution in [2.45, 2.75) is 18.6 Å². The smallest absolute Gasteiger partial charge is 0.277 e. The number of aromatic nitrogens is 2. The van der Waals surface area contributed by atoms with E-state index in [1.807, 2.05) is 55.5 Å². The summed E-state index contributed by atoms with van der Waals surface area (Å²) in [5, 5.41) is 12.0. The molecule has 0 aliphatic rings. The van der Waals surface area contributed by atoms with E-state index in [0.717, 1.165) is 23.1 Å². The van der Waals surface area contributed by atoms with Gasteiger partial charge in [-0.25, -0.2) is 0 Å². The zero-order valence-electron chi connectivity index (χ0n) is 14.2. The maximum atomic E-state index is 11.9. The van der Waals surface area contributed by atoms with Crippen molar-refractivity contribution in [3.8, 4) is 11.5 Å². The van der Waals surface area contributed by atoms with Gasteiger partial charge in [0.05, 0.1) is 5.75 Å². The molecule has 134 valence electrons. The first kappa shape index (κ1) is 18.5. The summed E-state index contributed by atoms with van der Waals surface area (Å²) in [7, 11) is 0. The molecule has 0 bridgehead atoms. The first-order valence-electron chi connectivity index (χ1n) is 8.15. The number of benzene rings is 2. The van der Waals surface area contributed by atoms with Crippen LogP contribution in [0.5, 0.6) is 0 Å². The summed E-state index contributed by atoms with van der Waals surface area (Å²) in [4.78, 5) is 11.9. The van der Waals surface area contributed by atoms with E-state index in [-0.39, 0.29) is 11.7 Å². The van der Waals surface area contributed by atoms with Crippen molar-refractivity contribution in [3.63, 3.8) is 0 Å². The summed E-state index contributed by atoms with van der Waals surface area (Å²) in [6.07, 6.45) is 0.756. The molecular formula is C19H18ClN3O2S. The van der Waals surface area contributed by atoms with Crippen LogP contribution in [-0.4, -0.2) is 28.4 Å². The number of hydrogen-bond acceptors (Lipinski definition) is 5. The first-order valence-corrected chi connectivity index (χ1v) is 9.51. The molecule has 2 aromatic carbocycles. The van der Waals surface area contributed by atoms with Crippen molar-refractivity contribution in [2.75, 3.05) is 12.3 Å². The molecule has 0 spiro atoms. The molecule has 7 heteroatoms. The predicted molar refractivity (Wildman–Crippen MR) is 103 cm³/mol. The van der Waals surface area contributed by atoms with E-state index >= 15 is 0 Å². The van der Waals surface area contributed by atoms with Crippen LogP contribution in [0.15, 0.2) is 58.2 Å². The van der Waals surface area contributed by atoms with Gasteiger partial charge < -0.3 is 9.73 Å². The lowest BCUT2D eigenvalue weighted by atomic mass is 10.1. The Morgan fingerprint density at radius 1 is 1.15 bits per heavy atom. The highest BCUT2D eigenvalue weighted by Gasteiger charge is 2.12. The van der Waals surface area contributed by atoms with E-state index in [1.54, 1.807) is 0 Å². The van der Waals surface area contributed by atoms with Crippen LogP contribution in [0.25, 0.3) is 11.5 Å². The Kier molecular flexibility index (Phi) is 6.30. The summed E-state index contributed by atoms with van der Waals surface area (Å²) in [6.45, 7) is 2.56. The van der Waals surface area contributed by atoms with Crippen LogP contribution in [0.2, 0.25) is 5.02 Å². The van der Waals surface area contributed by atoms with Crippen molar-refractivity contribution < 1.29 is 9.21 Å². The molecule has 26 heavy (non-hydrogen) atoms. The van der Waals surface area contributed by atoms with Crippen LogP contribution >= 0.6 is 23.4 Å². The summed E-state index contributed by atoms with van der Waals surface area (Å²) in [5.74, 6) is 0.629. The Morgan fingerprint density at radius 3 is 2.69 bits per heavy atom. The fourth-order valence-corrected chi connectivity index (χ4v) is 3.08. The number of nitrogens with one attached hydrogen (secondary N) is 1. The Labute approximate surface area is 161 Å². The van der Waals surface area contributed by atoms with Crippen molar-refractivity contribution in [2.24, 2.45) is 0 Å². The molecule has 0 atom stereocenters. The van der Waals surface area contributed by atoms with Crippen LogP contribution in [0.3, 0.4) is 0 Å². The van der Waals surface area contributed by atoms with Crippen LogP contribution in [0.4, 0.5) is 0 Å². The second-order valence-electron chi connectivity index (χ2n) is 5.70. The van der Waals surface area contributed by atoms with Gasteiger partial charge in [0.25, 0.3) is 5.22 Å². The molecule has 3 rings (SSSR count). The minimum Gasteiger partial charge on any atom is -0.411 e. The molecule has 0 radical (unpaired) electrons. The maximum absolute atomic E-state index is 11.9. The van der Waals surface area contributed by atoms with Gasteiger partial charge in [0, 0.05) is 17.1 Å². The lowest BCUT2D eigenvalue weighted by molar-refractivity contribution is -0.118. The fourth-order valence-electron chi connectivity index (χ4n) is 2.37. The summed E-state index contributed by atoms with van der Waals surface area (Å²) < 4.78 is 5.63. The number of amides is 1. The number of aryl methyl sites for hydroxylation is 1. The molecule has 1 amide bonds. The van der Waals surface area contributed by atoms with Crippen LogP contribution in [0.1, 0.15) is 11.1 Å². The zero-order chi connectivity index (χ0) is 18.4. The number of hydrogen-bond donors (Lipinski definition) is 1. The highest BCUT2D eigenvalue weighted by Crippen LogP contribution is 2.25. The molecular weight excluding hydrogens is 370 g/mol. The van der Waals surface area contributed by atoms with Crippen LogP contribution in [0, 0.1) is 6.92 Å². The third-order valence-corrected chi connectivity index (χ3v) is 4.83. The van der Waals surface area contributed by atoms with Gasteiger partial charge in [0.15, 0.2) is 0 Å². The van der Waals surface area contributed by atoms with Gasteiger partial charge in [0.1, 0.15) is 0 Å². The van der Waals surface area contributed by atoms with Gasteiger partial charge in [-0.05, 0) is 42.7 Å². The summed E-state index contributed by atoms with van der Waals surface area (Å²) in [6, 6.07) is 15.4. The second kappa shape index (κ2) is 8.87. The number of carbonyl (C=O) groups excluding carboxylic acids is 1. The maximum Gasteiger partial charge on any atom is 0.277 e. The molecule has 0 aliphatic heterocycles. The summed E-state index contributed by atoms with van der Waals surface area (Å²) in [5.41, 5.74) is 3.09. The minimum atomic E-state index is -0.0698. The van der Waals surface area contributed by atoms with E-state index in [9.17, 15) is 4.79 Å². The molecule has 1 N–H and O–H groups in total. The molecule has 0 aliphatic carbocycles. The topological polar surface area (TPSA) is 68.0 Å². The van der Waals surface area contributed by atoms with Crippen LogP contribution in [-0.2, 0) is 11.2 Å². The van der Waals surface area contributed by atoms with E-state index in [4.69, 9.17) is 16.0 Å². The van der Waals surface area contributed by atoms with E-state index in [0.29, 0.717) is 22.7 Å². The molecule has 0 saturated heterocycles. The fraction of sp³-hybridized carbons (Fsp3) is 0.211. The van der Waals surface area contributed by atoms with Crippen LogP contribution < -0.4 is 5.32 Å². The molecule has 1 aromatic heterocycles.